The van der Waals surface area contributed by atoms with Crippen LogP contribution in [0.2, 0.25) is 0 Å². The fourth-order valence-corrected chi connectivity index (χ4v) is 5.27. The third kappa shape index (κ3) is 4.27. The molecule has 26 heavy (non-hydrogen) atoms. The molecule has 1 atom stereocenters. The number of para-hydroxylation sites is 1. The van der Waals surface area contributed by atoms with Gasteiger partial charge in [0, 0.05) is 24.6 Å². The summed E-state index contributed by atoms with van der Waals surface area (Å²) in [6.45, 7) is -0.0649. The van der Waals surface area contributed by atoms with E-state index in [4.69, 9.17) is 0 Å². The Morgan fingerprint density at radius 1 is 1.08 bits per heavy atom. The van der Waals surface area contributed by atoms with E-state index in [1.165, 1.54) is 6.20 Å². The lowest BCUT2D eigenvalue weighted by atomic mass is 10.2. The summed E-state index contributed by atoms with van der Waals surface area (Å²) < 4.78 is 26.2. The average molecular weight is 387 g/mol. The van der Waals surface area contributed by atoms with Crippen LogP contribution in [0.4, 0.5) is 10.5 Å². The van der Waals surface area contributed by atoms with Gasteiger partial charge < -0.3 is 10.6 Å². The lowest BCUT2D eigenvalue weighted by Crippen LogP contribution is -2.34. The molecule has 8 heteroatoms. The van der Waals surface area contributed by atoms with Crippen molar-refractivity contribution in [2.24, 2.45) is 0 Å². The fourth-order valence-electron chi connectivity index (χ4n) is 2.42. The Morgan fingerprint density at radius 3 is 2.54 bits per heavy atom. The fraction of sp³-hybridized carbons (Fsp3) is 0.111. The summed E-state index contributed by atoms with van der Waals surface area (Å²) in [7, 11) is -3.64. The van der Waals surface area contributed by atoms with E-state index in [0.717, 1.165) is 11.3 Å². The van der Waals surface area contributed by atoms with Crippen molar-refractivity contribution in [1.29, 1.82) is 0 Å². The summed E-state index contributed by atoms with van der Waals surface area (Å²) >= 11 is 1.15. The molecule has 3 rings (SSSR count). The Balaban J connectivity index is 1.78. The number of thiophene rings is 1. The van der Waals surface area contributed by atoms with Gasteiger partial charge in [0.25, 0.3) is 0 Å². The Bertz CT molecular complexity index is 944. The molecule has 0 aliphatic rings. The highest BCUT2D eigenvalue weighted by Gasteiger charge is 2.30. The lowest BCUT2D eigenvalue weighted by Gasteiger charge is -2.18. The number of sulfone groups is 1. The highest BCUT2D eigenvalue weighted by atomic mass is 32.2. The van der Waals surface area contributed by atoms with Gasteiger partial charge in [-0.3, -0.25) is 4.98 Å². The molecule has 2 aromatic heterocycles. The Morgan fingerprint density at radius 2 is 1.88 bits per heavy atom. The maximum atomic E-state index is 13.0. The van der Waals surface area contributed by atoms with Crippen LogP contribution in [0.15, 0.2) is 76.6 Å². The zero-order valence-electron chi connectivity index (χ0n) is 13.7. The van der Waals surface area contributed by atoms with Gasteiger partial charge >= 0.3 is 6.03 Å². The second kappa shape index (κ2) is 8.11. The van der Waals surface area contributed by atoms with Gasteiger partial charge in [0.2, 0.25) is 0 Å². The molecule has 0 radical (unpaired) electrons. The molecule has 0 saturated heterocycles. The van der Waals surface area contributed by atoms with E-state index in [1.54, 1.807) is 60.1 Å². The molecule has 0 aliphatic heterocycles. The van der Waals surface area contributed by atoms with Crippen LogP contribution in [0.1, 0.15) is 10.8 Å². The topological polar surface area (TPSA) is 88.2 Å². The molecular formula is C18H17N3O3S2. The predicted molar refractivity (Wildman–Crippen MR) is 102 cm³/mol. The summed E-state index contributed by atoms with van der Waals surface area (Å²) in [6.07, 6.45) is 3.08. The van der Waals surface area contributed by atoms with Gasteiger partial charge in [-0.25, -0.2) is 13.2 Å². The third-order valence-corrected chi connectivity index (χ3v) is 7.22. The van der Waals surface area contributed by atoms with E-state index in [9.17, 15) is 13.2 Å². The number of pyridine rings is 1. The van der Waals surface area contributed by atoms with Crippen LogP contribution in [0.5, 0.6) is 0 Å². The average Bonchev–Trinajstić information content (AvgIpc) is 3.19. The van der Waals surface area contributed by atoms with E-state index >= 15 is 0 Å². The zero-order valence-corrected chi connectivity index (χ0v) is 15.3. The molecule has 2 amide bonds. The Labute approximate surface area is 155 Å². The number of hydrogen-bond donors (Lipinski definition) is 2. The summed E-state index contributed by atoms with van der Waals surface area (Å²) in [4.78, 5) is 16.1. The normalized spacial score (nSPS) is 12.3. The molecule has 3 aromatic rings. The van der Waals surface area contributed by atoms with Gasteiger partial charge in [0.15, 0.2) is 9.84 Å². The van der Waals surface area contributed by atoms with Crippen molar-refractivity contribution >= 4 is 32.9 Å². The predicted octanol–water partition coefficient (Wildman–Crippen LogP) is 3.48. The van der Waals surface area contributed by atoms with Crippen LogP contribution in [0, 0.1) is 0 Å². The first-order valence-corrected chi connectivity index (χ1v) is 10.3. The van der Waals surface area contributed by atoms with Crippen LogP contribution in [0.25, 0.3) is 0 Å². The summed E-state index contributed by atoms with van der Waals surface area (Å²) in [6, 6.07) is 15.1. The number of carbonyl (C=O) groups is 1. The van der Waals surface area contributed by atoms with Crippen LogP contribution >= 0.6 is 11.3 Å². The van der Waals surface area contributed by atoms with Crippen molar-refractivity contribution in [3.8, 4) is 0 Å². The van der Waals surface area contributed by atoms with Crippen molar-refractivity contribution in [3.05, 3.63) is 77.9 Å². The van der Waals surface area contributed by atoms with Gasteiger partial charge in [-0.1, -0.05) is 30.3 Å². The number of carbonyl (C=O) groups excluding carboxylic acids is 1. The van der Waals surface area contributed by atoms with E-state index < -0.39 is 21.1 Å². The van der Waals surface area contributed by atoms with Crippen LogP contribution < -0.4 is 10.6 Å². The monoisotopic (exact) mass is 387 g/mol. The smallest absolute Gasteiger partial charge is 0.319 e. The van der Waals surface area contributed by atoms with Crippen LogP contribution in [0.3, 0.4) is 0 Å². The molecule has 2 heterocycles. The molecule has 0 spiro atoms. The molecule has 6 nitrogen and oxygen atoms in total. The number of aromatic nitrogens is 1. The molecular weight excluding hydrogens is 370 g/mol. The van der Waals surface area contributed by atoms with Gasteiger partial charge in [-0.15, -0.1) is 11.3 Å². The van der Waals surface area contributed by atoms with Crippen molar-refractivity contribution in [1.82, 2.24) is 10.3 Å². The summed E-state index contributed by atoms with van der Waals surface area (Å²) in [5.41, 5.74) is 1.16. The quantitative estimate of drug-likeness (QED) is 0.678. The highest BCUT2D eigenvalue weighted by molar-refractivity contribution is 7.93. The number of hydrogen-bond acceptors (Lipinski definition) is 5. The zero-order chi connectivity index (χ0) is 18.4. The summed E-state index contributed by atoms with van der Waals surface area (Å²) in [5, 5.41) is 6.11. The number of nitrogens with zero attached hydrogens (tertiary/aromatic N) is 1. The largest absolute Gasteiger partial charge is 0.336 e. The van der Waals surface area contributed by atoms with Gasteiger partial charge in [-0.2, -0.15) is 0 Å². The third-order valence-electron chi connectivity index (χ3n) is 3.69. The minimum atomic E-state index is -3.64. The molecule has 2 N–H and O–H groups in total. The molecule has 0 aliphatic carbocycles. The van der Waals surface area contributed by atoms with E-state index in [2.05, 4.69) is 15.6 Å². The van der Waals surface area contributed by atoms with Crippen molar-refractivity contribution in [2.75, 3.05) is 11.9 Å². The van der Waals surface area contributed by atoms with Gasteiger partial charge in [-0.05, 0) is 35.2 Å². The molecule has 1 aromatic carbocycles. The number of nitrogens with one attached hydrogen (secondary N) is 2. The first kappa shape index (κ1) is 18.1. The minimum absolute atomic E-state index is 0.0649. The van der Waals surface area contributed by atoms with Crippen LogP contribution in [-0.4, -0.2) is 26.0 Å². The maximum absolute atomic E-state index is 13.0. The first-order chi connectivity index (χ1) is 12.6. The number of rotatable bonds is 6. The van der Waals surface area contributed by atoms with E-state index in [1.807, 2.05) is 6.07 Å². The number of anilines is 1. The van der Waals surface area contributed by atoms with E-state index in [-0.39, 0.29) is 10.8 Å². The van der Waals surface area contributed by atoms with E-state index in [0.29, 0.717) is 11.3 Å². The molecule has 134 valence electrons. The van der Waals surface area contributed by atoms with Gasteiger partial charge in [0.1, 0.15) is 9.46 Å². The lowest BCUT2D eigenvalue weighted by molar-refractivity contribution is 0.252. The Kier molecular flexibility index (Phi) is 5.65. The van der Waals surface area contributed by atoms with Gasteiger partial charge in [0.05, 0.1) is 0 Å². The maximum Gasteiger partial charge on any atom is 0.319 e. The SMILES string of the molecule is O=C(NC[C@@H](c1cccnc1)S(=O)(=O)c1cccs1)Nc1ccccc1. The Hall–Kier alpha value is -2.71. The molecule has 0 unspecified atom stereocenters. The minimum Gasteiger partial charge on any atom is -0.336 e. The van der Waals surface area contributed by atoms with Crippen molar-refractivity contribution in [2.45, 2.75) is 9.46 Å². The second-order valence-corrected chi connectivity index (χ2v) is 8.76. The number of benzene rings is 1. The van der Waals surface area contributed by atoms with Crippen LogP contribution in [-0.2, 0) is 9.84 Å². The molecule has 0 saturated carbocycles. The highest BCUT2D eigenvalue weighted by Crippen LogP contribution is 2.30. The number of amides is 2. The molecule has 0 fully saturated rings. The molecule has 0 bridgehead atoms. The van der Waals surface area contributed by atoms with Crippen molar-refractivity contribution in [3.63, 3.8) is 0 Å². The second-order valence-electron chi connectivity index (χ2n) is 5.45. The van der Waals surface area contributed by atoms with Crippen molar-refractivity contribution < 1.29 is 13.2 Å². The first-order valence-electron chi connectivity index (χ1n) is 7.84. The number of urea groups is 1. The summed E-state index contributed by atoms with van der Waals surface area (Å²) in [5.74, 6) is 0. The standard InChI is InChI=1S/C18H17N3O3S2/c22-18(21-15-7-2-1-3-8-15)20-13-16(14-6-4-10-19-12-14)26(23,24)17-9-5-11-25-17/h1-12,16H,13H2,(H2,20,21,22)/t16-/m0/s1.